The lowest BCUT2D eigenvalue weighted by molar-refractivity contribution is -0.131. The van der Waals surface area contributed by atoms with Crippen LogP contribution in [0.15, 0.2) is 42.0 Å². The van der Waals surface area contributed by atoms with Crippen molar-refractivity contribution in [2.45, 2.75) is 25.2 Å². The molecule has 78 valence electrons. The van der Waals surface area contributed by atoms with E-state index in [9.17, 15) is 4.79 Å². The van der Waals surface area contributed by atoms with Gasteiger partial charge < -0.3 is 5.11 Å². The molecule has 1 aliphatic carbocycles. The van der Waals surface area contributed by atoms with Crippen molar-refractivity contribution in [3.05, 3.63) is 47.5 Å². The van der Waals surface area contributed by atoms with Crippen LogP contribution in [0.5, 0.6) is 0 Å². The summed E-state index contributed by atoms with van der Waals surface area (Å²) in [7, 11) is 0. The van der Waals surface area contributed by atoms with Gasteiger partial charge in [0, 0.05) is 6.08 Å². The van der Waals surface area contributed by atoms with Crippen LogP contribution in [0.3, 0.4) is 0 Å². The minimum atomic E-state index is -0.821. The van der Waals surface area contributed by atoms with Crippen molar-refractivity contribution < 1.29 is 9.90 Å². The van der Waals surface area contributed by atoms with E-state index in [-0.39, 0.29) is 0 Å². The van der Waals surface area contributed by atoms with Crippen molar-refractivity contribution in [1.29, 1.82) is 0 Å². The molecule has 1 aromatic carbocycles. The van der Waals surface area contributed by atoms with Gasteiger partial charge in [0.2, 0.25) is 0 Å². The second kappa shape index (κ2) is 4.30. The van der Waals surface area contributed by atoms with E-state index in [2.05, 4.69) is 12.1 Å². The van der Waals surface area contributed by atoms with E-state index in [4.69, 9.17) is 5.11 Å². The molecule has 2 heteroatoms. The number of carboxylic acid groups (broad SMARTS) is 1. The van der Waals surface area contributed by atoms with Crippen LogP contribution in [0.25, 0.3) is 0 Å². The normalized spacial score (nSPS) is 23.2. The molecule has 1 aromatic rings. The van der Waals surface area contributed by atoms with Crippen LogP contribution < -0.4 is 0 Å². The molecule has 0 amide bonds. The van der Waals surface area contributed by atoms with E-state index in [0.29, 0.717) is 5.92 Å². The Hall–Kier alpha value is -1.57. The van der Waals surface area contributed by atoms with Gasteiger partial charge >= 0.3 is 5.97 Å². The van der Waals surface area contributed by atoms with Gasteiger partial charge in [0.15, 0.2) is 0 Å². The standard InChI is InChI=1S/C13H14O2/c14-13(15)9-10-6-7-12(8-10)11-4-2-1-3-5-11/h1-5,9,12H,6-8H2,(H,14,15)/b10-9+. The maximum Gasteiger partial charge on any atom is 0.328 e. The number of rotatable bonds is 2. The molecule has 0 saturated heterocycles. The maximum atomic E-state index is 10.5. The van der Waals surface area contributed by atoms with Crippen LogP contribution in [0.4, 0.5) is 0 Å². The summed E-state index contributed by atoms with van der Waals surface area (Å²) < 4.78 is 0. The Kier molecular flexibility index (Phi) is 2.86. The second-order valence-electron chi connectivity index (χ2n) is 3.99. The lowest BCUT2D eigenvalue weighted by Gasteiger charge is -2.07. The summed E-state index contributed by atoms with van der Waals surface area (Å²) in [6.45, 7) is 0. The summed E-state index contributed by atoms with van der Waals surface area (Å²) in [6.07, 6.45) is 4.26. The van der Waals surface area contributed by atoms with Crippen LogP contribution in [0, 0.1) is 0 Å². The Morgan fingerprint density at radius 3 is 2.73 bits per heavy atom. The molecule has 0 aliphatic heterocycles. The summed E-state index contributed by atoms with van der Waals surface area (Å²) in [4.78, 5) is 10.5. The first-order valence-electron chi connectivity index (χ1n) is 5.23. The van der Waals surface area contributed by atoms with Crippen LogP contribution in [-0.4, -0.2) is 11.1 Å². The average molecular weight is 202 g/mol. The first kappa shape index (κ1) is 9.97. The zero-order valence-corrected chi connectivity index (χ0v) is 8.52. The van der Waals surface area contributed by atoms with Gasteiger partial charge in [-0.05, 0) is 30.7 Å². The van der Waals surface area contributed by atoms with Gasteiger partial charge in [0.05, 0.1) is 0 Å². The zero-order valence-electron chi connectivity index (χ0n) is 8.52. The Morgan fingerprint density at radius 2 is 2.07 bits per heavy atom. The highest BCUT2D eigenvalue weighted by Crippen LogP contribution is 2.37. The number of carboxylic acids is 1. The van der Waals surface area contributed by atoms with Crippen molar-refractivity contribution in [2.75, 3.05) is 0 Å². The molecule has 1 saturated carbocycles. The fourth-order valence-electron chi connectivity index (χ4n) is 2.20. The first-order valence-corrected chi connectivity index (χ1v) is 5.23. The third-order valence-corrected chi connectivity index (χ3v) is 2.92. The number of carbonyl (C=O) groups is 1. The van der Waals surface area contributed by atoms with E-state index in [1.807, 2.05) is 18.2 Å². The van der Waals surface area contributed by atoms with Gasteiger partial charge in [-0.15, -0.1) is 0 Å². The third-order valence-electron chi connectivity index (χ3n) is 2.92. The van der Waals surface area contributed by atoms with Gasteiger partial charge in [0.1, 0.15) is 0 Å². The fraction of sp³-hybridized carbons (Fsp3) is 0.308. The second-order valence-corrected chi connectivity index (χ2v) is 3.99. The number of aliphatic carboxylic acids is 1. The number of benzene rings is 1. The lowest BCUT2D eigenvalue weighted by atomic mass is 9.97. The molecule has 1 atom stereocenters. The molecule has 0 bridgehead atoms. The van der Waals surface area contributed by atoms with Gasteiger partial charge in [-0.1, -0.05) is 35.9 Å². The smallest absolute Gasteiger partial charge is 0.328 e. The highest BCUT2D eigenvalue weighted by atomic mass is 16.4. The number of hydrogen-bond acceptors (Lipinski definition) is 1. The molecule has 0 aromatic heterocycles. The molecule has 1 N–H and O–H groups in total. The predicted molar refractivity (Wildman–Crippen MR) is 58.8 cm³/mol. The maximum absolute atomic E-state index is 10.5. The summed E-state index contributed by atoms with van der Waals surface area (Å²) in [5, 5.41) is 8.65. The summed E-state index contributed by atoms with van der Waals surface area (Å²) in [5.41, 5.74) is 2.39. The van der Waals surface area contributed by atoms with Crippen LogP contribution in [-0.2, 0) is 4.79 Å². The van der Waals surface area contributed by atoms with Gasteiger partial charge in [-0.25, -0.2) is 4.79 Å². The lowest BCUT2D eigenvalue weighted by Crippen LogP contribution is -1.92. The molecular weight excluding hydrogens is 188 g/mol. The number of allylic oxidation sites excluding steroid dienone is 1. The molecular formula is C13H14O2. The van der Waals surface area contributed by atoms with E-state index in [1.54, 1.807) is 0 Å². The largest absolute Gasteiger partial charge is 0.478 e. The molecule has 15 heavy (non-hydrogen) atoms. The third kappa shape index (κ3) is 2.46. The van der Waals surface area contributed by atoms with Crippen molar-refractivity contribution in [2.24, 2.45) is 0 Å². The van der Waals surface area contributed by atoms with E-state index < -0.39 is 5.97 Å². The first-order chi connectivity index (χ1) is 7.25. The molecule has 1 aliphatic rings. The molecule has 0 heterocycles. The zero-order chi connectivity index (χ0) is 10.7. The summed E-state index contributed by atoms with van der Waals surface area (Å²) >= 11 is 0. The van der Waals surface area contributed by atoms with Crippen molar-refractivity contribution in [3.63, 3.8) is 0 Å². The Bertz CT molecular complexity index is 379. The molecule has 1 fully saturated rings. The molecule has 2 nitrogen and oxygen atoms in total. The minimum absolute atomic E-state index is 0.511. The highest BCUT2D eigenvalue weighted by Gasteiger charge is 2.21. The Morgan fingerprint density at radius 1 is 1.33 bits per heavy atom. The Labute approximate surface area is 89.2 Å². The molecule has 0 radical (unpaired) electrons. The van der Waals surface area contributed by atoms with Crippen LogP contribution >= 0.6 is 0 Å². The molecule has 1 unspecified atom stereocenters. The van der Waals surface area contributed by atoms with Gasteiger partial charge in [0.25, 0.3) is 0 Å². The molecule has 0 spiro atoms. The quantitative estimate of drug-likeness (QED) is 0.748. The Balaban J connectivity index is 2.08. The monoisotopic (exact) mass is 202 g/mol. The highest BCUT2D eigenvalue weighted by molar-refractivity contribution is 5.80. The van der Waals surface area contributed by atoms with E-state index in [1.165, 1.54) is 11.6 Å². The van der Waals surface area contributed by atoms with Crippen molar-refractivity contribution >= 4 is 5.97 Å². The average Bonchev–Trinajstić information content (AvgIpc) is 2.67. The topological polar surface area (TPSA) is 37.3 Å². The predicted octanol–water partition coefficient (Wildman–Crippen LogP) is 2.97. The van der Waals surface area contributed by atoms with Gasteiger partial charge in [-0.2, -0.15) is 0 Å². The number of hydrogen-bond donors (Lipinski definition) is 1. The summed E-state index contributed by atoms with van der Waals surface area (Å²) in [5.74, 6) is -0.310. The van der Waals surface area contributed by atoms with Crippen molar-refractivity contribution in [3.8, 4) is 0 Å². The minimum Gasteiger partial charge on any atom is -0.478 e. The van der Waals surface area contributed by atoms with Crippen molar-refractivity contribution in [1.82, 2.24) is 0 Å². The molecule has 2 rings (SSSR count). The van der Waals surface area contributed by atoms with E-state index in [0.717, 1.165) is 24.8 Å². The van der Waals surface area contributed by atoms with Gasteiger partial charge in [-0.3, -0.25) is 0 Å². The fourth-order valence-corrected chi connectivity index (χ4v) is 2.20. The summed E-state index contributed by atoms with van der Waals surface area (Å²) in [6, 6.07) is 10.3. The van der Waals surface area contributed by atoms with E-state index >= 15 is 0 Å². The van der Waals surface area contributed by atoms with Crippen LogP contribution in [0.2, 0.25) is 0 Å². The SMILES string of the molecule is O=C(O)/C=C1\CCC(c2ccccc2)C1. The van der Waals surface area contributed by atoms with Crippen LogP contribution in [0.1, 0.15) is 30.7 Å².